The van der Waals surface area contributed by atoms with Gasteiger partial charge < -0.3 is 15.1 Å². The Morgan fingerprint density at radius 2 is 1.72 bits per heavy atom. The monoisotopic (exact) mass is 575 g/mol. The third-order valence-electron chi connectivity index (χ3n) is 8.51. The summed E-state index contributed by atoms with van der Waals surface area (Å²) in [5.41, 5.74) is 2.51. The summed E-state index contributed by atoms with van der Waals surface area (Å²) >= 11 is 0. The zero-order valence-electron chi connectivity index (χ0n) is 24.1. The summed E-state index contributed by atoms with van der Waals surface area (Å²) in [6.07, 6.45) is 7.30. The maximum absolute atomic E-state index is 13.4. The Morgan fingerprint density at radius 1 is 0.953 bits per heavy atom. The smallest absolute Gasteiger partial charge is 0.278 e. The van der Waals surface area contributed by atoms with E-state index in [1.54, 1.807) is 47.3 Å². The second-order valence-electron chi connectivity index (χ2n) is 11.5. The van der Waals surface area contributed by atoms with Crippen molar-refractivity contribution in [3.63, 3.8) is 0 Å². The molecule has 1 aromatic carbocycles. The standard InChI is InChI=1S/C32H33N9O2/c1-3-16-40-30(43)25-20-33-31(34-23-10-12-24(13-11-23)38-18-14-32(15-19-38)21-37(2)22-32)36-29(25)41(40)27-8-6-7-26(35-27)39-17-5-4-9-28(39)42/h3-13,17,20H,1,14-16,18-19,21-22H2,2H3,(H,33,34,36). The molecule has 7 rings (SSSR count). The molecular formula is C32H33N9O2. The zero-order valence-corrected chi connectivity index (χ0v) is 24.1. The Bertz CT molecular complexity index is 1920. The number of aromatic nitrogens is 6. The molecule has 0 bridgehead atoms. The number of allylic oxidation sites excluding steroid dienone is 1. The van der Waals surface area contributed by atoms with E-state index in [2.05, 4.69) is 45.9 Å². The molecule has 1 N–H and O–H groups in total. The summed E-state index contributed by atoms with van der Waals surface area (Å²) < 4.78 is 4.61. The molecular weight excluding hydrogens is 542 g/mol. The number of likely N-dealkylation sites (tertiary alicyclic amines) is 1. The zero-order chi connectivity index (χ0) is 29.6. The average molecular weight is 576 g/mol. The summed E-state index contributed by atoms with van der Waals surface area (Å²) in [6, 6.07) is 18.5. The van der Waals surface area contributed by atoms with Crippen molar-refractivity contribution in [1.29, 1.82) is 0 Å². The van der Waals surface area contributed by atoms with Crippen LogP contribution in [-0.2, 0) is 6.54 Å². The molecule has 2 aliphatic heterocycles. The quantitative estimate of drug-likeness (QED) is 0.294. The second kappa shape index (κ2) is 10.7. The first-order valence-corrected chi connectivity index (χ1v) is 14.5. The van der Waals surface area contributed by atoms with Crippen molar-refractivity contribution in [2.45, 2.75) is 19.4 Å². The van der Waals surface area contributed by atoms with Crippen molar-refractivity contribution in [1.82, 2.24) is 33.8 Å². The van der Waals surface area contributed by atoms with Gasteiger partial charge in [-0.2, -0.15) is 4.98 Å². The van der Waals surface area contributed by atoms with E-state index in [0.717, 1.165) is 18.8 Å². The van der Waals surface area contributed by atoms with Crippen LogP contribution >= 0.6 is 0 Å². The molecule has 2 fully saturated rings. The molecule has 0 amide bonds. The minimum atomic E-state index is -0.258. The van der Waals surface area contributed by atoms with Crippen LogP contribution in [0.1, 0.15) is 12.8 Å². The van der Waals surface area contributed by atoms with Crippen LogP contribution in [0.5, 0.6) is 0 Å². The summed E-state index contributed by atoms with van der Waals surface area (Å²) in [5.74, 6) is 1.22. The number of hydrogen-bond acceptors (Lipinski definition) is 8. The molecule has 1 spiro atoms. The SMILES string of the molecule is C=CCn1c(=O)c2cnc(Nc3ccc(N4CCC5(CC4)CN(C)C5)cc3)nc2n1-c1cccc(-n2ccccc2=O)n1. The average Bonchev–Trinajstić information content (AvgIpc) is 3.28. The van der Waals surface area contributed by atoms with Gasteiger partial charge in [-0.1, -0.05) is 18.2 Å². The predicted octanol–water partition coefficient (Wildman–Crippen LogP) is 3.59. The van der Waals surface area contributed by atoms with Gasteiger partial charge in [-0.05, 0) is 67.8 Å². The largest absolute Gasteiger partial charge is 0.371 e. The van der Waals surface area contributed by atoms with E-state index in [1.165, 1.54) is 53.1 Å². The van der Waals surface area contributed by atoms with Gasteiger partial charge in [0.05, 0.1) is 6.54 Å². The van der Waals surface area contributed by atoms with Crippen LogP contribution in [0.2, 0.25) is 0 Å². The molecule has 2 aliphatic rings. The highest BCUT2D eigenvalue weighted by atomic mass is 16.1. The summed E-state index contributed by atoms with van der Waals surface area (Å²) in [5, 5.41) is 3.64. The van der Waals surface area contributed by atoms with E-state index in [9.17, 15) is 9.59 Å². The van der Waals surface area contributed by atoms with Crippen molar-refractivity contribution >= 4 is 28.4 Å². The molecule has 6 heterocycles. The van der Waals surface area contributed by atoms with Crippen molar-refractivity contribution < 1.29 is 0 Å². The number of anilines is 3. The fourth-order valence-electron chi connectivity index (χ4n) is 6.43. The van der Waals surface area contributed by atoms with Gasteiger partial charge >= 0.3 is 0 Å². The first-order valence-electron chi connectivity index (χ1n) is 14.5. The van der Waals surface area contributed by atoms with E-state index in [0.29, 0.717) is 34.0 Å². The molecule has 11 nitrogen and oxygen atoms in total. The number of nitrogens with zero attached hydrogens (tertiary/aromatic N) is 8. The van der Waals surface area contributed by atoms with Gasteiger partial charge in [-0.15, -0.1) is 6.58 Å². The number of pyridine rings is 2. The van der Waals surface area contributed by atoms with Gasteiger partial charge in [0.15, 0.2) is 11.5 Å². The molecule has 0 unspecified atom stereocenters. The van der Waals surface area contributed by atoms with Crippen LogP contribution in [0.15, 0.2) is 95.3 Å². The number of hydrogen-bond donors (Lipinski definition) is 1. The minimum absolute atomic E-state index is 0.205. The van der Waals surface area contributed by atoms with Crippen molar-refractivity contribution in [2.75, 3.05) is 43.4 Å². The second-order valence-corrected chi connectivity index (χ2v) is 11.5. The van der Waals surface area contributed by atoms with Crippen molar-refractivity contribution in [3.8, 4) is 11.6 Å². The van der Waals surface area contributed by atoms with Gasteiger partial charge in [0.2, 0.25) is 5.95 Å². The first kappa shape index (κ1) is 26.8. The van der Waals surface area contributed by atoms with E-state index in [4.69, 9.17) is 9.97 Å². The van der Waals surface area contributed by atoms with Gasteiger partial charge in [0.1, 0.15) is 11.2 Å². The van der Waals surface area contributed by atoms with E-state index < -0.39 is 0 Å². The van der Waals surface area contributed by atoms with Crippen LogP contribution in [0.25, 0.3) is 22.7 Å². The highest BCUT2D eigenvalue weighted by molar-refractivity contribution is 5.77. The molecule has 0 radical (unpaired) electrons. The van der Waals surface area contributed by atoms with Crippen LogP contribution in [0.3, 0.4) is 0 Å². The molecule has 0 atom stereocenters. The fourth-order valence-corrected chi connectivity index (χ4v) is 6.43. The van der Waals surface area contributed by atoms with Crippen LogP contribution in [0, 0.1) is 5.41 Å². The fraction of sp³-hybridized carbons (Fsp3) is 0.281. The number of fused-ring (bicyclic) bond motifs is 1. The Labute approximate surface area is 248 Å². The lowest BCUT2D eigenvalue weighted by atomic mass is 9.72. The number of piperidine rings is 1. The summed E-state index contributed by atoms with van der Waals surface area (Å²) in [4.78, 5) is 44.6. The predicted molar refractivity (Wildman–Crippen MR) is 168 cm³/mol. The highest BCUT2D eigenvalue weighted by Gasteiger charge is 2.43. The van der Waals surface area contributed by atoms with Crippen LogP contribution in [0.4, 0.5) is 17.3 Å². The van der Waals surface area contributed by atoms with Crippen LogP contribution in [-0.4, -0.2) is 67.0 Å². The normalized spacial score (nSPS) is 16.3. The molecule has 2 saturated heterocycles. The molecule has 0 aliphatic carbocycles. The van der Waals surface area contributed by atoms with E-state index in [1.807, 2.05) is 12.1 Å². The van der Waals surface area contributed by atoms with E-state index in [-0.39, 0.29) is 17.7 Å². The lowest BCUT2D eigenvalue weighted by molar-refractivity contribution is 0.00132. The third-order valence-corrected chi connectivity index (χ3v) is 8.51. The van der Waals surface area contributed by atoms with Crippen molar-refractivity contribution in [3.05, 3.63) is 106 Å². The van der Waals surface area contributed by atoms with E-state index >= 15 is 0 Å². The molecule has 218 valence electrons. The molecule has 5 aromatic rings. The number of benzene rings is 1. The highest BCUT2D eigenvalue weighted by Crippen LogP contribution is 2.40. The van der Waals surface area contributed by atoms with Gasteiger partial charge in [0, 0.05) is 56.0 Å². The minimum Gasteiger partial charge on any atom is -0.371 e. The lowest BCUT2D eigenvalue weighted by Gasteiger charge is -2.53. The Balaban J connectivity index is 1.18. The summed E-state index contributed by atoms with van der Waals surface area (Å²) in [6.45, 7) is 8.64. The van der Waals surface area contributed by atoms with Gasteiger partial charge in [0.25, 0.3) is 11.1 Å². The van der Waals surface area contributed by atoms with Crippen LogP contribution < -0.4 is 21.3 Å². The molecule has 43 heavy (non-hydrogen) atoms. The maximum Gasteiger partial charge on any atom is 0.278 e. The first-order chi connectivity index (χ1) is 20.9. The number of nitrogens with one attached hydrogen (secondary N) is 1. The van der Waals surface area contributed by atoms with Gasteiger partial charge in [-0.25, -0.2) is 19.3 Å². The molecule has 0 saturated carbocycles. The Morgan fingerprint density at radius 3 is 2.44 bits per heavy atom. The maximum atomic E-state index is 13.4. The Kier molecular flexibility index (Phi) is 6.66. The van der Waals surface area contributed by atoms with Crippen molar-refractivity contribution in [2.24, 2.45) is 5.41 Å². The van der Waals surface area contributed by atoms with Gasteiger partial charge in [-0.3, -0.25) is 14.2 Å². The topological polar surface area (TPSA) is 106 Å². The Hall–Kier alpha value is -5.03. The lowest BCUT2D eigenvalue weighted by Crippen LogP contribution is -2.58. The number of rotatable bonds is 7. The molecule has 4 aromatic heterocycles. The molecule has 11 heteroatoms. The summed E-state index contributed by atoms with van der Waals surface area (Å²) in [7, 11) is 2.20. The third kappa shape index (κ3) is 4.91.